The molecule has 106 valence electrons. The van der Waals surface area contributed by atoms with Crippen molar-refractivity contribution in [1.82, 2.24) is 0 Å². The van der Waals surface area contributed by atoms with Gasteiger partial charge in [0.15, 0.2) is 0 Å². The van der Waals surface area contributed by atoms with E-state index in [1.807, 2.05) is 38.1 Å². The molecule has 0 aliphatic carbocycles. The first-order valence-corrected chi connectivity index (χ1v) is 7.28. The Balaban J connectivity index is 1.96. The van der Waals surface area contributed by atoms with Gasteiger partial charge in [0.05, 0.1) is 6.10 Å². The third-order valence-electron chi connectivity index (χ3n) is 2.71. The minimum atomic E-state index is -0.252. The van der Waals surface area contributed by atoms with E-state index in [-0.39, 0.29) is 11.9 Å². The van der Waals surface area contributed by atoms with Gasteiger partial charge in [-0.3, -0.25) is 0 Å². The summed E-state index contributed by atoms with van der Waals surface area (Å²) in [5.41, 5.74) is 2.01. The van der Waals surface area contributed by atoms with Gasteiger partial charge in [-0.05, 0) is 65.7 Å². The van der Waals surface area contributed by atoms with Crippen molar-refractivity contribution in [2.75, 3.05) is 5.32 Å². The van der Waals surface area contributed by atoms with E-state index in [4.69, 9.17) is 4.74 Å². The van der Waals surface area contributed by atoms with Gasteiger partial charge in [-0.2, -0.15) is 0 Å². The molecule has 2 rings (SSSR count). The Bertz CT molecular complexity index is 569. The molecule has 0 bridgehead atoms. The van der Waals surface area contributed by atoms with Gasteiger partial charge in [-0.15, -0.1) is 0 Å². The predicted octanol–water partition coefficient (Wildman–Crippen LogP) is 4.99. The molecule has 0 saturated carbocycles. The van der Waals surface area contributed by atoms with E-state index < -0.39 is 0 Å². The van der Waals surface area contributed by atoms with Crippen molar-refractivity contribution in [3.05, 3.63) is 58.3 Å². The Labute approximate surface area is 127 Å². The minimum absolute atomic E-state index is 0.175. The van der Waals surface area contributed by atoms with Crippen LogP contribution in [0.3, 0.4) is 0 Å². The van der Waals surface area contributed by atoms with Crippen molar-refractivity contribution in [3.63, 3.8) is 0 Å². The molecule has 0 atom stereocenters. The lowest BCUT2D eigenvalue weighted by atomic mass is 10.2. The summed E-state index contributed by atoms with van der Waals surface area (Å²) in [5.74, 6) is 0.615. The SMILES string of the molecule is CC(C)Oc1ccc(CNc2ccc(F)cc2Br)cc1. The predicted molar refractivity (Wildman–Crippen MR) is 83.6 cm³/mol. The van der Waals surface area contributed by atoms with Gasteiger partial charge in [0.2, 0.25) is 0 Å². The Morgan fingerprint density at radius 1 is 1.15 bits per heavy atom. The molecule has 4 heteroatoms. The maximum absolute atomic E-state index is 13.0. The van der Waals surface area contributed by atoms with Crippen LogP contribution in [0.15, 0.2) is 46.9 Å². The highest BCUT2D eigenvalue weighted by molar-refractivity contribution is 9.10. The number of benzene rings is 2. The highest BCUT2D eigenvalue weighted by Gasteiger charge is 2.02. The van der Waals surface area contributed by atoms with Crippen molar-refractivity contribution in [3.8, 4) is 5.75 Å². The molecule has 0 fully saturated rings. The van der Waals surface area contributed by atoms with Gasteiger partial charge in [-0.25, -0.2) is 4.39 Å². The fourth-order valence-corrected chi connectivity index (χ4v) is 2.28. The second-order valence-corrected chi connectivity index (χ2v) is 5.64. The zero-order valence-electron chi connectivity index (χ0n) is 11.5. The van der Waals surface area contributed by atoms with Crippen LogP contribution in [-0.2, 0) is 6.54 Å². The van der Waals surface area contributed by atoms with Crippen molar-refractivity contribution >= 4 is 21.6 Å². The van der Waals surface area contributed by atoms with E-state index in [9.17, 15) is 4.39 Å². The topological polar surface area (TPSA) is 21.3 Å². The first-order valence-electron chi connectivity index (χ1n) is 6.49. The molecular weight excluding hydrogens is 321 g/mol. The summed E-state index contributed by atoms with van der Waals surface area (Å²) in [4.78, 5) is 0. The monoisotopic (exact) mass is 337 g/mol. The van der Waals surface area contributed by atoms with Crippen LogP contribution >= 0.6 is 15.9 Å². The van der Waals surface area contributed by atoms with Crippen LogP contribution < -0.4 is 10.1 Å². The largest absolute Gasteiger partial charge is 0.491 e. The summed E-state index contributed by atoms with van der Waals surface area (Å²) in [6.45, 7) is 4.68. The maximum Gasteiger partial charge on any atom is 0.124 e. The van der Waals surface area contributed by atoms with Crippen LogP contribution in [0, 0.1) is 5.82 Å². The first-order chi connectivity index (χ1) is 9.54. The van der Waals surface area contributed by atoms with Crippen molar-refractivity contribution in [1.29, 1.82) is 0 Å². The molecule has 0 amide bonds. The van der Waals surface area contributed by atoms with Gasteiger partial charge < -0.3 is 10.1 Å². The molecule has 0 radical (unpaired) electrons. The molecule has 0 spiro atoms. The number of anilines is 1. The summed E-state index contributed by atoms with van der Waals surface area (Å²) in [7, 11) is 0. The highest BCUT2D eigenvalue weighted by Crippen LogP contribution is 2.24. The molecule has 20 heavy (non-hydrogen) atoms. The van der Waals surface area contributed by atoms with E-state index >= 15 is 0 Å². The second kappa shape index (κ2) is 6.75. The highest BCUT2D eigenvalue weighted by atomic mass is 79.9. The molecule has 1 N–H and O–H groups in total. The third-order valence-corrected chi connectivity index (χ3v) is 3.37. The van der Waals surface area contributed by atoms with Crippen LogP contribution in [0.1, 0.15) is 19.4 Å². The van der Waals surface area contributed by atoms with Gasteiger partial charge in [0.25, 0.3) is 0 Å². The van der Waals surface area contributed by atoms with Gasteiger partial charge >= 0.3 is 0 Å². The van der Waals surface area contributed by atoms with Crippen molar-refractivity contribution in [2.45, 2.75) is 26.5 Å². The number of rotatable bonds is 5. The van der Waals surface area contributed by atoms with Crippen molar-refractivity contribution in [2.24, 2.45) is 0 Å². The number of halogens is 2. The molecule has 0 unspecified atom stereocenters. The number of ether oxygens (including phenoxy) is 1. The molecule has 2 aromatic rings. The van der Waals surface area contributed by atoms with Crippen LogP contribution in [0.2, 0.25) is 0 Å². The smallest absolute Gasteiger partial charge is 0.124 e. The molecule has 2 aromatic carbocycles. The van der Waals surface area contributed by atoms with Crippen LogP contribution in [-0.4, -0.2) is 6.10 Å². The van der Waals surface area contributed by atoms with Gasteiger partial charge in [0.1, 0.15) is 11.6 Å². The zero-order valence-corrected chi connectivity index (χ0v) is 13.1. The molecule has 0 aliphatic heterocycles. The Hall–Kier alpha value is -1.55. The van der Waals surface area contributed by atoms with Crippen LogP contribution in [0.5, 0.6) is 5.75 Å². The normalized spacial score (nSPS) is 10.7. The fourth-order valence-electron chi connectivity index (χ4n) is 1.79. The van der Waals surface area contributed by atoms with E-state index in [1.165, 1.54) is 12.1 Å². The van der Waals surface area contributed by atoms with Gasteiger partial charge in [0, 0.05) is 16.7 Å². The van der Waals surface area contributed by atoms with Gasteiger partial charge in [-0.1, -0.05) is 12.1 Å². The van der Waals surface area contributed by atoms with E-state index in [0.717, 1.165) is 21.5 Å². The number of nitrogens with one attached hydrogen (secondary N) is 1. The second-order valence-electron chi connectivity index (χ2n) is 4.79. The first kappa shape index (κ1) is 14.9. The molecule has 0 saturated heterocycles. The molecule has 0 heterocycles. The van der Waals surface area contributed by atoms with Crippen molar-refractivity contribution < 1.29 is 9.13 Å². The average Bonchev–Trinajstić information content (AvgIpc) is 2.39. The third kappa shape index (κ3) is 4.23. The van der Waals surface area contributed by atoms with Crippen LogP contribution in [0.4, 0.5) is 10.1 Å². The quantitative estimate of drug-likeness (QED) is 0.829. The summed E-state index contributed by atoms with van der Waals surface area (Å²) in [6.07, 6.45) is 0.175. The average molecular weight is 338 g/mol. The summed E-state index contributed by atoms with van der Waals surface area (Å²) in [6, 6.07) is 12.5. The summed E-state index contributed by atoms with van der Waals surface area (Å²) in [5, 5.41) is 3.26. The lowest BCUT2D eigenvalue weighted by Crippen LogP contribution is -2.05. The standard InChI is InChI=1S/C16H17BrFNO/c1-11(2)20-14-6-3-12(4-7-14)10-19-16-8-5-13(18)9-15(16)17/h3-9,11,19H,10H2,1-2H3. The van der Waals surface area contributed by atoms with E-state index in [0.29, 0.717) is 6.54 Å². The molecule has 2 nitrogen and oxygen atoms in total. The minimum Gasteiger partial charge on any atom is -0.491 e. The number of hydrogen-bond donors (Lipinski definition) is 1. The lowest BCUT2D eigenvalue weighted by molar-refractivity contribution is 0.242. The Morgan fingerprint density at radius 2 is 1.85 bits per heavy atom. The summed E-state index contributed by atoms with van der Waals surface area (Å²) >= 11 is 3.34. The fraction of sp³-hybridized carbons (Fsp3) is 0.250. The Kier molecular flexibility index (Phi) is 5.01. The molecule has 0 aromatic heterocycles. The van der Waals surface area contributed by atoms with E-state index in [1.54, 1.807) is 6.07 Å². The molecule has 0 aliphatic rings. The van der Waals surface area contributed by atoms with E-state index in [2.05, 4.69) is 21.2 Å². The summed E-state index contributed by atoms with van der Waals surface area (Å²) < 4.78 is 19.3. The molecular formula is C16H17BrFNO. The van der Waals surface area contributed by atoms with Crippen LogP contribution in [0.25, 0.3) is 0 Å². The zero-order chi connectivity index (χ0) is 14.5. The number of hydrogen-bond acceptors (Lipinski definition) is 2. The Morgan fingerprint density at radius 3 is 2.45 bits per heavy atom. The maximum atomic E-state index is 13.0. The lowest BCUT2D eigenvalue weighted by Gasteiger charge is -2.11.